The summed E-state index contributed by atoms with van der Waals surface area (Å²) in [7, 11) is -1.00. The first-order valence-corrected chi connectivity index (χ1v) is 8.31. The van der Waals surface area contributed by atoms with Gasteiger partial charge in [-0.1, -0.05) is 42.5 Å². The summed E-state index contributed by atoms with van der Waals surface area (Å²) < 4.78 is 14.6. The van der Waals surface area contributed by atoms with Crippen molar-refractivity contribution in [3.05, 3.63) is 84.7 Å². The monoisotopic (exact) mass is 295 g/mol. The number of hydrogen-bond donors (Lipinski definition) is 0. The lowest BCUT2D eigenvalue weighted by Gasteiger charge is -2.10. The van der Waals surface area contributed by atoms with Gasteiger partial charge in [0.1, 0.15) is 0 Å². The van der Waals surface area contributed by atoms with E-state index in [1.807, 2.05) is 71.6 Å². The van der Waals surface area contributed by atoms with Crippen LogP contribution in [0.1, 0.15) is 5.56 Å². The Bertz CT molecular complexity index is 720. The molecule has 1 atom stereocenters. The van der Waals surface area contributed by atoms with Gasteiger partial charge in [-0.2, -0.15) is 0 Å². The van der Waals surface area contributed by atoms with Crippen LogP contribution in [0.5, 0.6) is 0 Å². The fraction of sp³-hybridized carbons (Fsp3) is 0.111. The number of para-hydroxylation sites is 1. The lowest BCUT2D eigenvalue weighted by atomic mass is 10.2. The molecule has 0 N–H and O–H groups in total. The molecule has 21 heavy (non-hydrogen) atoms. The molecule has 0 saturated heterocycles. The third-order valence-electron chi connectivity index (χ3n) is 3.41. The Morgan fingerprint density at radius 1 is 0.810 bits per heavy atom. The first-order valence-electron chi connectivity index (χ1n) is 6.99. The van der Waals surface area contributed by atoms with Crippen LogP contribution in [0.2, 0.25) is 0 Å². The van der Waals surface area contributed by atoms with Crippen molar-refractivity contribution in [1.82, 2.24) is 4.57 Å². The molecular formula is C18H17NOS. The number of aryl methyl sites for hydroxylation is 1. The smallest absolute Gasteiger partial charge is 0.0628 e. The van der Waals surface area contributed by atoms with Crippen LogP contribution < -0.4 is 0 Å². The van der Waals surface area contributed by atoms with E-state index in [-0.39, 0.29) is 0 Å². The van der Waals surface area contributed by atoms with Gasteiger partial charge < -0.3 is 4.57 Å². The van der Waals surface area contributed by atoms with Gasteiger partial charge in [0, 0.05) is 18.1 Å². The molecule has 0 fully saturated rings. The van der Waals surface area contributed by atoms with Crippen molar-refractivity contribution in [3.63, 3.8) is 0 Å². The van der Waals surface area contributed by atoms with Gasteiger partial charge in [-0.25, -0.2) is 0 Å². The molecule has 3 aromatic rings. The molecule has 2 nitrogen and oxygen atoms in total. The number of rotatable bonds is 5. The van der Waals surface area contributed by atoms with E-state index >= 15 is 0 Å². The highest BCUT2D eigenvalue weighted by atomic mass is 32.2. The fourth-order valence-corrected chi connectivity index (χ4v) is 3.60. The zero-order valence-corrected chi connectivity index (χ0v) is 12.5. The summed E-state index contributed by atoms with van der Waals surface area (Å²) in [4.78, 5) is 0.893. The Labute approximate surface area is 127 Å². The molecule has 0 bridgehead atoms. The molecule has 1 aromatic heterocycles. The van der Waals surface area contributed by atoms with Crippen LogP contribution in [0.25, 0.3) is 5.69 Å². The lowest BCUT2D eigenvalue weighted by molar-refractivity contribution is 0.682. The van der Waals surface area contributed by atoms with Crippen LogP contribution >= 0.6 is 0 Å². The predicted molar refractivity (Wildman–Crippen MR) is 87.2 cm³/mol. The van der Waals surface area contributed by atoms with Gasteiger partial charge in [0.15, 0.2) is 0 Å². The van der Waals surface area contributed by atoms with Gasteiger partial charge in [-0.3, -0.25) is 4.21 Å². The highest BCUT2D eigenvalue weighted by Crippen LogP contribution is 2.19. The van der Waals surface area contributed by atoms with Crippen LogP contribution in [0, 0.1) is 0 Å². The van der Waals surface area contributed by atoms with E-state index < -0.39 is 10.8 Å². The van der Waals surface area contributed by atoms with Crippen molar-refractivity contribution in [1.29, 1.82) is 0 Å². The molecular weight excluding hydrogens is 278 g/mol. The summed E-state index contributed by atoms with van der Waals surface area (Å²) in [6, 6.07) is 22.0. The van der Waals surface area contributed by atoms with Gasteiger partial charge in [0.25, 0.3) is 0 Å². The molecule has 0 saturated carbocycles. The molecule has 1 heterocycles. The summed E-state index contributed by atoms with van der Waals surface area (Å²) in [5, 5.41) is 0. The van der Waals surface area contributed by atoms with E-state index in [1.54, 1.807) is 0 Å². The second-order valence-electron chi connectivity index (χ2n) is 4.84. The largest absolute Gasteiger partial charge is 0.323 e. The number of aromatic nitrogens is 1. The maximum atomic E-state index is 12.6. The third kappa shape index (κ3) is 3.31. The summed E-state index contributed by atoms with van der Waals surface area (Å²) in [5.74, 6) is 0.641. The van der Waals surface area contributed by atoms with Crippen molar-refractivity contribution in [3.8, 4) is 5.69 Å². The Morgan fingerprint density at radius 2 is 1.48 bits per heavy atom. The lowest BCUT2D eigenvalue weighted by Crippen LogP contribution is -2.05. The van der Waals surface area contributed by atoms with Crippen LogP contribution in [-0.4, -0.2) is 14.5 Å². The number of benzene rings is 2. The molecule has 0 spiro atoms. The molecule has 106 valence electrons. The SMILES string of the molecule is O=S(CCc1ccccc1)c1ccccc1-n1cccc1. The zero-order chi connectivity index (χ0) is 14.5. The van der Waals surface area contributed by atoms with Crippen molar-refractivity contribution < 1.29 is 4.21 Å². The minimum Gasteiger partial charge on any atom is -0.323 e. The summed E-state index contributed by atoms with van der Waals surface area (Å²) in [5.41, 5.74) is 2.22. The second kappa shape index (κ2) is 6.55. The normalized spacial score (nSPS) is 12.2. The minimum atomic E-state index is -1.00. The molecule has 3 rings (SSSR count). The van der Waals surface area contributed by atoms with E-state index in [1.165, 1.54) is 5.56 Å². The standard InChI is InChI=1S/C18H17NOS/c20-21(15-12-16-8-2-1-3-9-16)18-11-5-4-10-17(18)19-13-6-7-14-19/h1-11,13-14H,12,15H2. The molecule has 0 aliphatic heterocycles. The van der Waals surface area contributed by atoms with E-state index in [0.29, 0.717) is 5.75 Å². The van der Waals surface area contributed by atoms with Crippen molar-refractivity contribution >= 4 is 10.8 Å². The van der Waals surface area contributed by atoms with E-state index in [0.717, 1.165) is 17.0 Å². The van der Waals surface area contributed by atoms with Gasteiger partial charge in [-0.05, 0) is 36.2 Å². The summed E-state index contributed by atoms with van der Waals surface area (Å²) >= 11 is 0. The average Bonchev–Trinajstić information content (AvgIpc) is 3.08. The average molecular weight is 295 g/mol. The van der Waals surface area contributed by atoms with Gasteiger partial charge in [0.2, 0.25) is 0 Å². The Kier molecular flexibility index (Phi) is 4.31. The molecule has 0 aliphatic carbocycles. The maximum Gasteiger partial charge on any atom is 0.0628 e. The number of hydrogen-bond acceptors (Lipinski definition) is 1. The zero-order valence-electron chi connectivity index (χ0n) is 11.7. The molecule has 0 aliphatic rings. The van der Waals surface area contributed by atoms with Gasteiger partial charge in [0.05, 0.1) is 21.4 Å². The van der Waals surface area contributed by atoms with Crippen LogP contribution in [0.4, 0.5) is 0 Å². The van der Waals surface area contributed by atoms with Crippen LogP contribution in [0.3, 0.4) is 0 Å². The fourth-order valence-electron chi connectivity index (χ4n) is 2.32. The van der Waals surface area contributed by atoms with Crippen LogP contribution in [-0.2, 0) is 17.2 Å². The maximum absolute atomic E-state index is 12.6. The Hall–Kier alpha value is -2.13. The van der Waals surface area contributed by atoms with Crippen LogP contribution in [0.15, 0.2) is 84.0 Å². The summed E-state index contributed by atoms with van der Waals surface area (Å²) in [6.07, 6.45) is 4.79. The Balaban J connectivity index is 1.79. The number of nitrogens with zero attached hydrogens (tertiary/aromatic N) is 1. The van der Waals surface area contributed by atoms with E-state index in [4.69, 9.17) is 0 Å². The second-order valence-corrected chi connectivity index (χ2v) is 6.38. The predicted octanol–water partition coefficient (Wildman–Crippen LogP) is 3.83. The topological polar surface area (TPSA) is 22.0 Å². The summed E-state index contributed by atoms with van der Waals surface area (Å²) in [6.45, 7) is 0. The van der Waals surface area contributed by atoms with Crippen molar-refractivity contribution in [2.24, 2.45) is 0 Å². The molecule has 3 heteroatoms. The first kappa shape index (κ1) is 13.8. The minimum absolute atomic E-state index is 0.641. The quantitative estimate of drug-likeness (QED) is 0.701. The molecule has 0 amide bonds. The Morgan fingerprint density at radius 3 is 2.24 bits per heavy atom. The van der Waals surface area contributed by atoms with Crippen molar-refractivity contribution in [2.45, 2.75) is 11.3 Å². The van der Waals surface area contributed by atoms with E-state index in [9.17, 15) is 4.21 Å². The highest BCUT2D eigenvalue weighted by Gasteiger charge is 2.10. The highest BCUT2D eigenvalue weighted by molar-refractivity contribution is 7.85. The van der Waals surface area contributed by atoms with Gasteiger partial charge in [-0.15, -0.1) is 0 Å². The molecule has 2 aromatic carbocycles. The third-order valence-corrected chi connectivity index (χ3v) is 4.82. The van der Waals surface area contributed by atoms with E-state index in [2.05, 4.69) is 12.1 Å². The molecule has 0 radical (unpaired) electrons. The first-order chi connectivity index (χ1) is 10.3. The van der Waals surface area contributed by atoms with Crippen molar-refractivity contribution in [2.75, 3.05) is 5.75 Å². The van der Waals surface area contributed by atoms with Gasteiger partial charge >= 0.3 is 0 Å². The molecule has 1 unspecified atom stereocenters.